The molecule has 0 fully saturated rings. The van der Waals surface area contributed by atoms with Gasteiger partial charge in [0.1, 0.15) is 6.33 Å². The molecule has 0 aliphatic heterocycles. The molecule has 2 aromatic carbocycles. The number of nitrogens with one attached hydrogen (secondary N) is 1. The monoisotopic (exact) mass is 574 g/mol. The van der Waals surface area contributed by atoms with Gasteiger partial charge < -0.3 is 10.6 Å². The van der Waals surface area contributed by atoms with Gasteiger partial charge in [-0.25, -0.2) is 4.98 Å². The minimum absolute atomic E-state index is 0.617. The van der Waals surface area contributed by atoms with E-state index < -0.39 is 0 Å². The van der Waals surface area contributed by atoms with Gasteiger partial charge in [-0.05, 0) is 57.3 Å². The van der Waals surface area contributed by atoms with Crippen molar-refractivity contribution in [1.82, 2.24) is 39.6 Å². The molecule has 0 amide bonds. The number of hydrogen-bond acceptors (Lipinski definition) is 8. The Morgan fingerprint density at radius 1 is 1.24 bits per heavy atom. The van der Waals surface area contributed by atoms with Crippen molar-refractivity contribution in [1.29, 1.82) is 0 Å². The van der Waals surface area contributed by atoms with Crippen LogP contribution in [0.15, 0.2) is 48.0 Å². The third-order valence-corrected chi connectivity index (χ3v) is 7.17. The molecular weight excluding hydrogens is 540 g/mol. The average Bonchev–Trinajstić information content (AvgIpc) is 3.71. The van der Waals surface area contributed by atoms with Crippen LogP contribution in [-0.2, 0) is 18.3 Å². The van der Waals surface area contributed by atoms with Crippen LogP contribution < -0.4 is 5.73 Å². The maximum atomic E-state index is 10.00. The minimum atomic E-state index is 0.617. The smallest absolute Gasteiger partial charge is 0.235 e. The van der Waals surface area contributed by atoms with Crippen LogP contribution in [-0.4, -0.2) is 78.9 Å². The van der Waals surface area contributed by atoms with E-state index in [9.17, 15) is 4.79 Å². The van der Waals surface area contributed by atoms with E-state index in [1.54, 1.807) is 6.20 Å². The number of halogens is 1. The second-order valence-electron chi connectivity index (χ2n) is 9.91. The van der Waals surface area contributed by atoms with E-state index >= 15 is 0 Å². The summed E-state index contributed by atoms with van der Waals surface area (Å²) < 4.78 is 3.00. The van der Waals surface area contributed by atoms with Gasteiger partial charge in [0.15, 0.2) is 5.82 Å². The largest absolute Gasteiger partial charge is 0.398 e. The first-order valence-electron chi connectivity index (χ1n) is 13.2. The Labute approximate surface area is 243 Å². The van der Waals surface area contributed by atoms with E-state index in [1.165, 1.54) is 6.33 Å². The first-order valence-corrected chi connectivity index (χ1v) is 13.6. The number of carbonyl (C=O) groups excluding carboxylic acids is 1. The molecule has 3 N–H and O–H groups in total. The molecule has 3 heterocycles. The number of benzene rings is 2. The Kier molecular flexibility index (Phi) is 9.31. The highest BCUT2D eigenvalue weighted by atomic mass is 35.5. The van der Waals surface area contributed by atoms with E-state index in [2.05, 4.69) is 36.3 Å². The summed E-state index contributed by atoms with van der Waals surface area (Å²) in [6.07, 6.45) is 6.41. The number of allylic oxidation sites excluding steroid dienone is 1. The number of nitrogens with zero attached hydrogens (tertiary/aromatic N) is 8. The Bertz CT molecular complexity index is 1740. The third kappa shape index (κ3) is 6.53. The number of aliphatic imine (C=N–C) groups is 1. The van der Waals surface area contributed by atoms with Crippen LogP contribution in [0.4, 0.5) is 0 Å². The average molecular weight is 575 g/mol. The van der Waals surface area contributed by atoms with E-state index in [4.69, 9.17) is 22.3 Å². The Morgan fingerprint density at radius 3 is 2.68 bits per heavy atom. The lowest BCUT2D eigenvalue weighted by Crippen LogP contribution is -2.17. The van der Waals surface area contributed by atoms with Crippen molar-refractivity contribution in [3.05, 3.63) is 70.5 Å². The summed E-state index contributed by atoms with van der Waals surface area (Å²) in [7, 11) is 5.99. The summed E-state index contributed by atoms with van der Waals surface area (Å²) in [6.45, 7) is 7.42. The molecule has 0 unspecified atom stereocenters. The minimum Gasteiger partial charge on any atom is -0.398 e. The lowest BCUT2D eigenvalue weighted by Gasteiger charge is -2.17. The van der Waals surface area contributed by atoms with Crippen LogP contribution in [0.25, 0.3) is 33.1 Å². The predicted octanol–water partition coefficient (Wildman–Crippen LogP) is 4.14. The van der Waals surface area contributed by atoms with E-state index in [0.717, 1.165) is 67.4 Å². The molecule has 0 spiro atoms. The van der Waals surface area contributed by atoms with Gasteiger partial charge in [0.25, 0.3) is 0 Å². The fraction of sp³-hybridized carbons (Fsp3) is 0.310. The highest BCUT2D eigenvalue weighted by Gasteiger charge is 2.21. The molecule has 3 aromatic heterocycles. The predicted molar refractivity (Wildman–Crippen MR) is 166 cm³/mol. The second-order valence-corrected chi connectivity index (χ2v) is 10.3. The summed E-state index contributed by atoms with van der Waals surface area (Å²) in [6, 6.07) is 8.11. The zero-order valence-corrected chi connectivity index (χ0v) is 24.9. The molecule has 0 saturated heterocycles. The maximum Gasteiger partial charge on any atom is 0.235 e. The number of aromatic nitrogens is 7. The quantitative estimate of drug-likeness (QED) is 0.161. The normalized spacial score (nSPS) is 12.5. The van der Waals surface area contributed by atoms with Crippen molar-refractivity contribution in [2.45, 2.75) is 27.2 Å². The molecule has 214 valence electrons. The van der Waals surface area contributed by atoms with Crippen LogP contribution in [0.5, 0.6) is 0 Å². The molecule has 11 nitrogen and oxygen atoms in total. The number of fused-ring (bicyclic) bond motifs is 2. The van der Waals surface area contributed by atoms with Crippen LogP contribution in [0.2, 0.25) is 5.02 Å². The van der Waals surface area contributed by atoms with Gasteiger partial charge in [0.05, 0.1) is 35.0 Å². The fourth-order valence-electron chi connectivity index (χ4n) is 4.45. The number of hydrogen-bond donors (Lipinski definition) is 2. The van der Waals surface area contributed by atoms with Crippen molar-refractivity contribution in [3.8, 4) is 0 Å². The summed E-state index contributed by atoms with van der Waals surface area (Å²) in [5.74, 6) is 0.696. The van der Waals surface area contributed by atoms with Crippen LogP contribution in [0.1, 0.15) is 36.4 Å². The Morgan fingerprint density at radius 2 is 2.02 bits per heavy atom. The standard InChI is InChI=1S/C24H28ClN7.C5H7N3O/c1-14-10-19-18(13-28-30-19)22(23(14)25)21(15(2)27-8-9-31(3)4)24(26)16-6-7-20-17(11-16)12-29-32(20)5;1-2-5-6-3-8(4-9)7-5/h6-7,10-13H,8-9,26H2,1-5H3,(H,28,30);3-4H,2H2,1H3/b24-21+,27-15?;. The first-order chi connectivity index (χ1) is 19.6. The zero-order chi connectivity index (χ0) is 29.7. The number of likely N-dealkylation sites (N-methyl/N-ethyl adjacent to an activating group) is 1. The summed E-state index contributed by atoms with van der Waals surface area (Å²) in [5, 5.41) is 18.0. The van der Waals surface area contributed by atoms with Gasteiger partial charge in [-0.15, -0.1) is 5.10 Å². The zero-order valence-electron chi connectivity index (χ0n) is 24.2. The molecule has 0 aliphatic rings. The highest BCUT2D eigenvalue weighted by Crippen LogP contribution is 2.37. The highest BCUT2D eigenvalue weighted by molar-refractivity contribution is 6.40. The number of carbonyl (C=O) groups is 1. The Balaban J connectivity index is 0.000000367. The summed E-state index contributed by atoms with van der Waals surface area (Å²) >= 11 is 6.87. The van der Waals surface area contributed by atoms with Crippen molar-refractivity contribution in [3.63, 3.8) is 0 Å². The molecule has 5 aromatic rings. The molecule has 0 radical (unpaired) electrons. The van der Waals surface area contributed by atoms with Gasteiger partial charge in [0.2, 0.25) is 6.41 Å². The van der Waals surface area contributed by atoms with Crippen LogP contribution in [0.3, 0.4) is 0 Å². The molecule has 0 bridgehead atoms. The number of H-pyrrole nitrogens is 1. The van der Waals surface area contributed by atoms with E-state index in [1.807, 2.05) is 71.0 Å². The van der Waals surface area contributed by atoms with Gasteiger partial charge in [-0.1, -0.05) is 24.6 Å². The third-order valence-electron chi connectivity index (χ3n) is 6.68. The number of aromatic amines is 1. The molecule has 12 heteroatoms. The molecule has 0 aliphatic carbocycles. The fourth-order valence-corrected chi connectivity index (χ4v) is 4.70. The second kappa shape index (κ2) is 12.9. The SMILES string of the molecule is CC(=NCCN(C)C)/C(=C(\N)c1ccc2c(cnn2C)c1)c1c(Cl)c(C)cc2[nH]ncc12.CCc1ncn(C=O)n1. The van der Waals surface area contributed by atoms with Crippen molar-refractivity contribution >= 4 is 56.8 Å². The number of rotatable bonds is 8. The van der Waals surface area contributed by atoms with Gasteiger partial charge in [0, 0.05) is 53.3 Å². The van der Waals surface area contributed by atoms with Gasteiger partial charge in [-0.2, -0.15) is 14.9 Å². The topological polar surface area (TPSA) is 136 Å². The lowest BCUT2D eigenvalue weighted by molar-refractivity contribution is 0.420. The number of nitrogens with two attached hydrogens (primary N) is 1. The molecular formula is C29H35ClN10O. The van der Waals surface area contributed by atoms with Crippen molar-refractivity contribution in [2.75, 3.05) is 27.2 Å². The maximum absolute atomic E-state index is 10.00. The summed E-state index contributed by atoms with van der Waals surface area (Å²) in [4.78, 5) is 20.8. The molecule has 0 atom stereocenters. The van der Waals surface area contributed by atoms with Crippen molar-refractivity contribution in [2.24, 2.45) is 17.8 Å². The van der Waals surface area contributed by atoms with Crippen LogP contribution >= 0.6 is 11.6 Å². The molecule has 0 saturated carbocycles. The molecule has 5 rings (SSSR count). The Hall–Kier alpha value is -4.35. The molecule has 41 heavy (non-hydrogen) atoms. The van der Waals surface area contributed by atoms with E-state index in [0.29, 0.717) is 29.5 Å². The van der Waals surface area contributed by atoms with Gasteiger partial charge >= 0.3 is 0 Å². The lowest BCUT2D eigenvalue weighted by atomic mass is 9.92. The van der Waals surface area contributed by atoms with Crippen molar-refractivity contribution < 1.29 is 4.79 Å². The number of aryl methyl sites for hydroxylation is 3. The first kappa shape index (κ1) is 29.6. The van der Waals surface area contributed by atoms with E-state index in [-0.39, 0.29) is 0 Å². The van der Waals surface area contributed by atoms with Gasteiger partial charge in [-0.3, -0.25) is 19.6 Å². The summed E-state index contributed by atoms with van der Waals surface area (Å²) in [5.41, 5.74) is 13.8. The van der Waals surface area contributed by atoms with Crippen LogP contribution in [0, 0.1) is 6.92 Å².